The summed E-state index contributed by atoms with van der Waals surface area (Å²) in [6.45, 7) is 2.87. The maximum atomic E-state index is 11.8. The highest BCUT2D eigenvalue weighted by atomic mass is 32.1. The Bertz CT molecular complexity index is 461. The van der Waals surface area contributed by atoms with Crippen LogP contribution in [0.15, 0.2) is 0 Å². The van der Waals surface area contributed by atoms with E-state index in [2.05, 4.69) is 12.2 Å². The van der Waals surface area contributed by atoms with Crippen LogP contribution < -0.4 is 16.0 Å². The van der Waals surface area contributed by atoms with E-state index >= 15 is 0 Å². The zero-order valence-corrected chi connectivity index (χ0v) is 11.0. The van der Waals surface area contributed by atoms with Crippen molar-refractivity contribution in [2.24, 2.45) is 0 Å². The molecule has 0 aliphatic carbocycles. The molecule has 92 valence electrons. The molecule has 0 bridgehead atoms. The van der Waals surface area contributed by atoms with Crippen molar-refractivity contribution in [3.8, 4) is 6.07 Å². The molecule has 0 aliphatic rings. The van der Waals surface area contributed by atoms with Crippen molar-refractivity contribution in [3.63, 3.8) is 0 Å². The number of nitrogens with zero attached hydrogens (tertiary/aromatic N) is 2. The van der Waals surface area contributed by atoms with Crippen LogP contribution >= 0.6 is 11.3 Å². The lowest BCUT2D eigenvalue weighted by Gasteiger charge is -2.17. The number of nitriles is 1. The molecule has 1 heterocycles. The highest BCUT2D eigenvalue weighted by molar-refractivity contribution is 7.17. The lowest BCUT2D eigenvalue weighted by Crippen LogP contribution is -2.24. The Morgan fingerprint density at radius 1 is 1.65 bits per heavy atom. The molecule has 0 fully saturated rings. The summed E-state index contributed by atoms with van der Waals surface area (Å²) in [7, 11) is 3.44. The summed E-state index contributed by atoms with van der Waals surface area (Å²) in [6.07, 6.45) is 0.962. The van der Waals surface area contributed by atoms with E-state index in [9.17, 15) is 4.79 Å². The molecule has 17 heavy (non-hydrogen) atoms. The molecule has 0 saturated heterocycles. The topological polar surface area (TPSA) is 82.2 Å². The fourth-order valence-corrected chi connectivity index (χ4v) is 2.57. The van der Waals surface area contributed by atoms with E-state index in [4.69, 9.17) is 11.0 Å². The molecular weight excluding hydrogens is 236 g/mol. The van der Waals surface area contributed by atoms with E-state index < -0.39 is 0 Å². The molecule has 1 aromatic heterocycles. The number of amides is 1. The van der Waals surface area contributed by atoms with Gasteiger partial charge in [0.15, 0.2) is 0 Å². The quantitative estimate of drug-likeness (QED) is 0.848. The van der Waals surface area contributed by atoms with Crippen molar-refractivity contribution >= 4 is 27.9 Å². The fourth-order valence-electron chi connectivity index (χ4n) is 1.56. The van der Waals surface area contributed by atoms with Crippen molar-refractivity contribution in [3.05, 3.63) is 10.4 Å². The first-order valence-corrected chi connectivity index (χ1v) is 6.14. The molecule has 0 atom stereocenters. The van der Waals surface area contributed by atoms with Gasteiger partial charge < -0.3 is 16.0 Å². The van der Waals surface area contributed by atoms with Crippen molar-refractivity contribution in [1.29, 1.82) is 5.26 Å². The van der Waals surface area contributed by atoms with Gasteiger partial charge in [-0.25, -0.2) is 0 Å². The van der Waals surface area contributed by atoms with Crippen LogP contribution in [0.3, 0.4) is 0 Å². The predicted octanol–water partition coefficient (Wildman–Crippen LogP) is 1.41. The lowest BCUT2D eigenvalue weighted by atomic mass is 10.2. The van der Waals surface area contributed by atoms with Gasteiger partial charge in [-0.2, -0.15) is 5.26 Å². The Morgan fingerprint density at radius 3 is 2.76 bits per heavy atom. The van der Waals surface area contributed by atoms with Gasteiger partial charge in [-0.1, -0.05) is 6.92 Å². The largest absolute Gasteiger partial charge is 0.396 e. The molecule has 0 aromatic carbocycles. The number of nitrogens with two attached hydrogens (primary N) is 1. The normalized spacial score (nSPS) is 9.76. The molecule has 0 spiro atoms. The maximum Gasteiger partial charge on any atom is 0.256 e. The summed E-state index contributed by atoms with van der Waals surface area (Å²) in [5.41, 5.74) is 6.51. The fraction of sp³-hybridized carbons (Fsp3) is 0.455. The minimum atomic E-state index is -0.252. The Hall–Kier alpha value is -1.74. The van der Waals surface area contributed by atoms with Crippen LogP contribution in [0.25, 0.3) is 0 Å². The second-order valence-corrected chi connectivity index (χ2v) is 4.64. The van der Waals surface area contributed by atoms with Crippen LogP contribution in [0.1, 0.15) is 28.6 Å². The van der Waals surface area contributed by atoms with E-state index in [1.165, 1.54) is 11.3 Å². The van der Waals surface area contributed by atoms with Crippen molar-refractivity contribution in [2.75, 3.05) is 31.3 Å². The van der Waals surface area contributed by atoms with E-state index in [1.54, 1.807) is 7.05 Å². The molecule has 0 aliphatic heterocycles. The molecule has 1 aromatic rings. The Labute approximate surface area is 105 Å². The highest BCUT2D eigenvalue weighted by Gasteiger charge is 2.23. The van der Waals surface area contributed by atoms with Crippen LogP contribution in [0.4, 0.5) is 10.7 Å². The Kier molecular flexibility index (Phi) is 4.35. The molecule has 0 saturated carbocycles. The highest BCUT2D eigenvalue weighted by Crippen LogP contribution is 2.37. The molecule has 6 heteroatoms. The van der Waals surface area contributed by atoms with E-state index in [-0.39, 0.29) is 11.6 Å². The summed E-state index contributed by atoms with van der Waals surface area (Å²) in [5, 5.41) is 12.3. The first kappa shape index (κ1) is 13.3. The van der Waals surface area contributed by atoms with Gasteiger partial charge in [-0.3, -0.25) is 4.79 Å². The summed E-state index contributed by atoms with van der Waals surface area (Å²) in [4.78, 5) is 14.1. The van der Waals surface area contributed by atoms with Crippen LogP contribution in [-0.4, -0.2) is 26.5 Å². The van der Waals surface area contributed by atoms with Gasteiger partial charge in [0.25, 0.3) is 5.91 Å². The third-order valence-corrected chi connectivity index (χ3v) is 3.61. The van der Waals surface area contributed by atoms with Gasteiger partial charge in [0.05, 0.1) is 11.3 Å². The SMILES string of the molecule is CCCN(C)c1sc(C#N)c(N)c1C(=O)NC. The van der Waals surface area contributed by atoms with E-state index in [0.29, 0.717) is 10.4 Å². The average Bonchev–Trinajstić information content (AvgIpc) is 2.65. The number of nitrogen functional groups attached to an aromatic ring is 1. The number of hydrogen-bond acceptors (Lipinski definition) is 5. The average molecular weight is 252 g/mol. The molecule has 0 radical (unpaired) electrons. The number of hydrogen-bond donors (Lipinski definition) is 2. The standard InChI is InChI=1S/C11H16N4OS/c1-4-5-15(3)11-8(10(16)14-2)9(13)7(6-12)17-11/h4-5,13H2,1-3H3,(H,14,16). The van der Waals surface area contributed by atoms with Gasteiger partial charge >= 0.3 is 0 Å². The first-order chi connectivity index (χ1) is 8.06. The Balaban J connectivity index is 3.29. The van der Waals surface area contributed by atoms with Crippen LogP contribution in [-0.2, 0) is 0 Å². The summed E-state index contributed by atoms with van der Waals surface area (Å²) in [5.74, 6) is -0.252. The number of anilines is 2. The molecule has 1 rings (SSSR count). The van der Waals surface area contributed by atoms with Gasteiger partial charge in [0.1, 0.15) is 15.9 Å². The second-order valence-electron chi connectivity index (χ2n) is 3.64. The summed E-state index contributed by atoms with van der Waals surface area (Å²) < 4.78 is 0. The third-order valence-electron chi connectivity index (χ3n) is 2.39. The zero-order chi connectivity index (χ0) is 13.0. The lowest BCUT2D eigenvalue weighted by molar-refractivity contribution is 0.0965. The van der Waals surface area contributed by atoms with Crippen LogP contribution in [0.2, 0.25) is 0 Å². The van der Waals surface area contributed by atoms with Crippen molar-refractivity contribution < 1.29 is 4.79 Å². The van der Waals surface area contributed by atoms with Crippen molar-refractivity contribution in [2.45, 2.75) is 13.3 Å². The molecule has 3 N–H and O–H groups in total. The van der Waals surface area contributed by atoms with Crippen LogP contribution in [0.5, 0.6) is 0 Å². The van der Waals surface area contributed by atoms with Crippen LogP contribution in [0, 0.1) is 11.3 Å². The molecule has 5 nitrogen and oxygen atoms in total. The maximum absolute atomic E-state index is 11.8. The van der Waals surface area contributed by atoms with Gasteiger partial charge in [0, 0.05) is 20.6 Å². The molecule has 0 unspecified atom stereocenters. The molecular formula is C11H16N4OS. The first-order valence-electron chi connectivity index (χ1n) is 5.32. The number of carbonyl (C=O) groups is 1. The van der Waals surface area contributed by atoms with E-state index in [0.717, 1.165) is 18.0 Å². The van der Waals surface area contributed by atoms with Gasteiger partial charge in [-0.05, 0) is 6.42 Å². The number of carbonyl (C=O) groups excluding carboxylic acids is 1. The van der Waals surface area contributed by atoms with Crippen molar-refractivity contribution in [1.82, 2.24) is 5.32 Å². The summed E-state index contributed by atoms with van der Waals surface area (Å²) in [6, 6.07) is 2.02. The molecule has 1 amide bonds. The monoisotopic (exact) mass is 252 g/mol. The minimum Gasteiger partial charge on any atom is -0.396 e. The van der Waals surface area contributed by atoms with E-state index in [1.807, 2.05) is 18.0 Å². The van der Waals surface area contributed by atoms with Gasteiger partial charge in [0.2, 0.25) is 0 Å². The number of rotatable bonds is 4. The number of nitrogens with one attached hydrogen (secondary N) is 1. The third kappa shape index (κ3) is 2.50. The Morgan fingerprint density at radius 2 is 2.29 bits per heavy atom. The number of thiophene rings is 1. The zero-order valence-electron chi connectivity index (χ0n) is 10.2. The smallest absolute Gasteiger partial charge is 0.256 e. The summed E-state index contributed by atoms with van der Waals surface area (Å²) >= 11 is 1.26. The minimum absolute atomic E-state index is 0.252. The predicted molar refractivity (Wildman–Crippen MR) is 70.4 cm³/mol. The van der Waals surface area contributed by atoms with Gasteiger partial charge in [-0.15, -0.1) is 11.3 Å². The second kappa shape index (κ2) is 5.55.